The molecule has 1 atom stereocenters. The number of rotatable bonds is 2. The van der Waals surface area contributed by atoms with E-state index in [1.807, 2.05) is 11.8 Å². The van der Waals surface area contributed by atoms with Crippen LogP contribution >= 0.6 is 11.8 Å². The van der Waals surface area contributed by atoms with Crippen LogP contribution < -0.4 is 5.73 Å². The fourth-order valence-corrected chi connectivity index (χ4v) is 4.11. The lowest BCUT2D eigenvalue weighted by Gasteiger charge is -2.50. The van der Waals surface area contributed by atoms with Crippen molar-refractivity contribution < 1.29 is 8.78 Å². The van der Waals surface area contributed by atoms with Gasteiger partial charge in [-0.25, -0.2) is 8.78 Å². The molecule has 4 heteroatoms. The summed E-state index contributed by atoms with van der Waals surface area (Å²) in [5.41, 5.74) is 5.39. The normalized spacial score (nSPS) is 35.8. The zero-order valence-electron chi connectivity index (χ0n) is 7.56. The van der Waals surface area contributed by atoms with E-state index in [1.165, 1.54) is 6.42 Å². The maximum absolute atomic E-state index is 12.8. The minimum atomic E-state index is -2.43. The molecule has 76 valence electrons. The average Bonchev–Trinajstić information content (AvgIpc) is 2.51. The summed E-state index contributed by atoms with van der Waals surface area (Å²) < 4.78 is 25.6. The van der Waals surface area contributed by atoms with Gasteiger partial charge >= 0.3 is 0 Å². The summed E-state index contributed by atoms with van der Waals surface area (Å²) >= 11 is 1.84. The first-order valence-electron chi connectivity index (χ1n) is 4.78. The highest BCUT2D eigenvalue weighted by atomic mass is 32.2. The summed E-state index contributed by atoms with van der Waals surface area (Å²) in [5.74, 6) is -1.31. The lowest BCUT2D eigenvalue weighted by atomic mass is 9.63. The van der Waals surface area contributed by atoms with Crippen molar-refractivity contribution in [3.8, 4) is 0 Å². The Kier molecular flexibility index (Phi) is 2.31. The highest BCUT2D eigenvalue weighted by Gasteiger charge is 2.59. The van der Waals surface area contributed by atoms with Gasteiger partial charge in [0, 0.05) is 23.5 Å². The molecule has 0 spiro atoms. The number of halogens is 2. The SMILES string of the molecule is NCC1(C2CCCS2)CC(F)(F)C1. The van der Waals surface area contributed by atoms with E-state index in [4.69, 9.17) is 5.73 Å². The first kappa shape index (κ1) is 9.71. The van der Waals surface area contributed by atoms with E-state index in [0.717, 1.165) is 12.2 Å². The molecule has 1 heterocycles. The Balaban J connectivity index is 2.01. The van der Waals surface area contributed by atoms with Crippen molar-refractivity contribution in [2.24, 2.45) is 11.1 Å². The Labute approximate surface area is 81.4 Å². The molecule has 1 nitrogen and oxygen atoms in total. The molecule has 1 unspecified atom stereocenters. The third-order valence-corrected chi connectivity index (χ3v) is 4.90. The molecule has 2 fully saturated rings. The van der Waals surface area contributed by atoms with E-state index in [9.17, 15) is 8.78 Å². The fraction of sp³-hybridized carbons (Fsp3) is 1.00. The number of nitrogens with two attached hydrogens (primary N) is 1. The zero-order valence-corrected chi connectivity index (χ0v) is 8.38. The molecule has 2 N–H and O–H groups in total. The molecule has 2 rings (SSSR count). The average molecular weight is 207 g/mol. The lowest BCUT2D eigenvalue weighted by molar-refractivity contribution is -0.157. The van der Waals surface area contributed by atoms with E-state index < -0.39 is 5.92 Å². The second-order valence-corrected chi connectivity index (χ2v) is 5.59. The summed E-state index contributed by atoms with van der Waals surface area (Å²) in [6.45, 7) is 0.431. The Bertz CT molecular complexity index is 194. The topological polar surface area (TPSA) is 26.0 Å². The van der Waals surface area contributed by atoms with E-state index in [-0.39, 0.29) is 18.3 Å². The van der Waals surface area contributed by atoms with Gasteiger partial charge < -0.3 is 5.73 Å². The molecule has 1 aliphatic heterocycles. The van der Waals surface area contributed by atoms with Gasteiger partial charge in [0.15, 0.2) is 0 Å². The first-order chi connectivity index (χ1) is 6.08. The van der Waals surface area contributed by atoms with Crippen molar-refractivity contribution in [2.45, 2.75) is 36.9 Å². The van der Waals surface area contributed by atoms with Gasteiger partial charge in [0.1, 0.15) is 0 Å². The predicted molar refractivity (Wildman–Crippen MR) is 51.1 cm³/mol. The Hall–Kier alpha value is 0.170. The predicted octanol–water partition coefficient (Wildman–Crippen LogP) is 2.26. The van der Waals surface area contributed by atoms with Crippen molar-refractivity contribution in [3.05, 3.63) is 0 Å². The van der Waals surface area contributed by atoms with E-state index in [0.29, 0.717) is 11.8 Å². The molecule has 0 aromatic rings. The van der Waals surface area contributed by atoms with Crippen LogP contribution in [0.2, 0.25) is 0 Å². The van der Waals surface area contributed by atoms with Crippen LogP contribution in [0.5, 0.6) is 0 Å². The van der Waals surface area contributed by atoms with Crippen LogP contribution in [0.3, 0.4) is 0 Å². The summed E-state index contributed by atoms with van der Waals surface area (Å²) in [4.78, 5) is 0. The number of alkyl halides is 2. The number of thioether (sulfide) groups is 1. The molecule has 0 amide bonds. The maximum atomic E-state index is 12.8. The molecule has 0 bridgehead atoms. The molecule has 1 saturated carbocycles. The van der Waals surface area contributed by atoms with Gasteiger partial charge in [0.05, 0.1) is 0 Å². The van der Waals surface area contributed by atoms with Crippen LogP contribution in [0.4, 0.5) is 8.78 Å². The maximum Gasteiger partial charge on any atom is 0.249 e. The summed E-state index contributed by atoms with van der Waals surface area (Å²) in [6.07, 6.45) is 2.29. The van der Waals surface area contributed by atoms with E-state index in [1.54, 1.807) is 0 Å². The first-order valence-corrected chi connectivity index (χ1v) is 5.82. The number of hydrogen-bond acceptors (Lipinski definition) is 2. The van der Waals surface area contributed by atoms with Crippen molar-refractivity contribution in [2.75, 3.05) is 12.3 Å². The minimum absolute atomic E-state index is 0.0220. The molecular formula is C9H15F2NS. The Morgan fingerprint density at radius 2 is 2.08 bits per heavy atom. The zero-order chi connectivity index (χ0) is 9.53. The van der Waals surface area contributed by atoms with Gasteiger partial charge in [-0.05, 0) is 25.1 Å². The second-order valence-electron chi connectivity index (χ2n) is 4.28. The van der Waals surface area contributed by atoms with Crippen LogP contribution in [0, 0.1) is 5.41 Å². The molecule has 0 radical (unpaired) electrons. The summed E-state index contributed by atoms with van der Waals surface area (Å²) in [5, 5.41) is 0.400. The summed E-state index contributed by atoms with van der Waals surface area (Å²) in [6, 6.07) is 0. The number of hydrogen-bond donors (Lipinski definition) is 1. The van der Waals surface area contributed by atoms with Crippen molar-refractivity contribution in [1.29, 1.82) is 0 Å². The molecule has 1 aliphatic carbocycles. The van der Waals surface area contributed by atoms with E-state index in [2.05, 4.69) is 0 Å². The van der Waals surface area contributed by atoms with Gasteiger partial charge in [-0.15, -0.1) is 0 Å². The van der Waals surface area contributed by atoms with Gasteiger partial charge in [-0.1, -0.05) is 0 Å². The van der Waals surface area contributed by atoms with Gasteiger partial charge in [-0.3, -0.25) is 0 Å². The van der Waals surface area contributed by atoms with Gasteiger partial charge in [-0.2, -0.15) is 11.8 Å². The van der Waals surface area contributed by atoms with Crippen LogP contribution in [-0.4, -0.2) is 23.5 Å². The van der Waals surface area contributed by atoms with E-state index >= 15 is 0 Å². The highest BCUT2D eigenvalue weighted by molar-refractivity contribution is 8.00. The fourth-order valence-electron chi connectivity index (χ4n) is 2.54. The minimum Gasteiger partial charge on any atom is -0.330 e. The van der Waals surface area contributed by atoms with Gasteiger partial charge in [0.25, 0.3) is 0 Å². The second kappa shape index (κ2) is 3.09. The smallest absolute Gasteiger partial charge is 0.249 e. The quantitative estimate of drug-likeness (QED) is 0.751. The van der Waals surface area contributed by atoms with Crippen molar-refractivity contribution in [3.63, 3.8) is 0 Å². The van der Waals surface area contributed by atoms with Crippen molar-refractivity contribution >= 4 is 11.8 Å². The molecule has 2 aliphatic rings. The standard InChI is InChI=1S/C9H15F2NS/c10-9(11)4-8(5-9,6-12)7-2-1-3-13-7/h7H,1-6,12H2. The Morgan fingerprint density at radius 3 is 2.46 bits per heavy atom. The molecule has 0 aromatic heterocycles. The Morgan fingerprint density at radius 1 is 1.38 bits per heavy atom. The molecular weight excluding hydrogens is 192 g/mol. The largest absolute Gasteiger partial charge is 0.330 e. The third kappa shape index (κ3) is 1.59. The van der Waals surface area contributed by atoms with Gasteiger partial charge in [0.2, 0.25) is 5.92 Å². The van der Waals surface area contributed by atoms with Crippen molar-refractivity contribution in [1.82, 2.24) is 0 Å². The molecule has 13 heavy (non-hydrogen) atoms. The van der Waals surface area contributed by atoms with Crippen LogP contribution in [0.25, 0.3) is 0 Å². The monoisotopic (exact) mass is 207 g/mol. The molecule has 0 aromatic carbocycles. The summed E-state index contributed by atoms with van der Waals surface area (Å²) in [7, 11) is 0. The van der Waals surface area contributed by atoms with Crippen LogP contribution in [0.15, 0.2) is 0 Å². The lowest BCUT2D eigenvalue weighted by Crippen LogP contribution is -2.55. The molecule has 1 saturated heterocycles. The van der Waals surface area contributed by atoms with Crippen LogP contribution in [-0.2, 0) is 0 Å². The van der Waals surface area contributed by atoms with Crippen LogP contribution in [0.1, 0.15) is 25.7 Å². The highest BCUT2D eigenvalue weighted by Crippen LogP contribution is 2.58. The third-order valence-electron chi connectivity index (χ3n) is 3.24.